The Kier molecular flexibility index (Phi) is 4.95. The van der Waals surface area contributed by atoms with Gasteiger partial charge in [-0.15, -0.1) is 0 Å². The average Bonchev–Trinajstić information content (AvgIpc) is 3.37. The predicted molar refractivity (Wildman–Crippen MR) is 111 cm³/mol. The highest BCUT2D eigenvalue weighted by molar-refractivity contribution is 6.30. The topological polar surface area (TPSA) is 56.2 Å². The van der Waals surface area contributed by atoms with Crippen molar-refractivity contribution in [1.29, 1.82) is 0 Å². The van der Waals surface area contributed by atoms with Crippen LogP contribution in [-0.2, 0) is 0 Å². The molecule has 0 spiro atoms. The van der Waals surface area contributed by atoms with Crippen LogP contribution in [0.2, 0.25) is 5.02 Å². The first kappa shape index (κ1) is 18.5. The van der Waals surface area contributed by atoms with Crippen LogP contribution >= 0.6 is 11.6 Å². The number of aryl methyl sites for hydroxylation is 3. The largest absolute Gasteiger partial charge is 0.330 e. The van der Waals surface area contributed by atoms with E-state index in [-0.39, 0.29) is 0 Å². The van der Waals surface area contributed by atoms with Crippen LogP contribution in [0.15, 0.2) is 24.3 Å². The summed E-state index contributed by atoms with van der Waals surface area (Å²) in [5.74, 6) is 1.28. The minimum absolute atomic E-state index is 0.435. The Morgan fingerprint density at radius 3 is 2.67 bits per heavy atom. The smallest absolute Gasteiger partial charge is 0.163 e. The van der Waals surface area contributed by atoms with Crippen molar-refractivity contribution >= 4 is 17.2 Å². The summed E-state index contributed by atoms with van der Waals surface area (Å²) in [6.07, 6.45) is 4.89. The van der Waals surface area contributed by atoms with Gasteiger partial charge in [0.2, 0.25) is 0 Å². The summed E-state index contributed by atoms with van der Waals surface area (Å²) >= 11 is 6.17. The summed E-state index contributed by atoms with van der Waals surface area (Å²) in [5.41, 5.74) is 13.5. The van der Waals surface area contributed by atoms with E-state index >= 15 is 0 Å². The highest BCUT2D eigenvalue weighted by Crippen LogP contribution is 2.41. The Morgan fingerprint density at radius 2 is 2.00 bits per heavy atom. The van der Waals surface area contributed by atoms with Crippen molar-refractivity contribution < 1.29 is 0 Å². The van der Waals surface area contributed by atoms with Gasteiger partial charge in [-0.05, 0) is 75.4 Å². The van der Waals surface area contributed by atoms with E-state index in [9.17, 15) is 0 Å². The van der Waals surface area contributed by atoms with Crippen LogP contribution in [0.4, 0.5) is 0 Å². The van der Waals surface area contributed by atoms with Gasteiger partial charge in [0.1, 0.15) is 0 Å². The van der Waals surface area contributed by atoms with E-state index in [0.717, 1.165) is 51.1 Å². The molecule has 2 N–H and O–H groups in total. The molecule has 1 aliphatic rings. The molecule has 0 radical (unpaired) electrons. The number of rotatable bonds is 6. The van der Waals surface area contributed by atoms with E-state index in [2.05, 4.69) is 37.4 Å². The van der Waals surface area contributed by atoms with E-state index < -0.39 is 0 Å². The molecule has 4 rings (SSSR count). The van der Waals surface area contributed by atoms with Crippen molar-refractivity contribution in [3.63, 3.8) is 0 Å². The molecule has 4 nitrogen and oxygen atoms in total. The van der Waals surface area contributed by atoms with Gasteiger partial charge >= 0.3 is 0 Å². The van der Waals surface area contributed by atoms with Gasteiger partial charge in [0.05, 0.1) is 5.69 Å². The Hall–Kier alpha value is -1.91. The molecule has 142 valence electrons. The van der Waals surface area contributed by atoms with Crippen molar-refractivity contribution in [2.75, 3.05) is 6.54 Å². The first-order valence-electron chi connectivity index (χ1n) is 9.81. The standard InChI is InChI=1S/C22H27ClN4/c1-13-10-18(23)6-7-19(13)21-15(3)26-27-20(11-14(2)25-22(21)27)17(8-9-24)12-16-4-5-16/h6-7,10-11,16-17H,4-5,8-9,12,24H2,1-3H3. The molecule has 3 aromatic rings. The molecule has 2 aromatic heterocycles. The van der Waals surface area contributed by atoms with E-state index in [1.54, 1.807) is 0 Å². The summed E-state index contributed by atoms with van der Waals surface area (Å²) < 4.78 is 2.06. The van der Waals surface area contributed by atoms with E-state index in [0.29, 0.717) is 12.5 Å². The maximum absolute atomic E-state index is 6.17. The third-order valence-electron chi connectivity index (χ3n) is 5.63. The zero-order valence-electron chi connectivity index (χ0n) is 16.3. The van der Waals surface area contributed by atoms with E-state index in [4.69, 9.17) is 27.4 Å². The van der Waals surface area contributed by atoms with Crippen LogP contribution in [0.5, 0.6) is 0 Å². The Balaban J connectivity index is 1.90. The van der Waals surface area contributed by atoms with Crippen LogP contribution in [0, 0.1) is 26.7 Å². The van der Waals surface area contributed by atoms with E-state index in [1.807, 2.05) is 12.1 Å². The average molecular weight is 383 g/mol. The molecule has 2 heterocycles. The molecule has 1 aliphatic carbocycles. The SMILES string of the molecule is Cc1cc(C(CCN)CC2CC2)n2nc(C)c(-c3ccc(Cl)cc3C)c2n1. The lowest BCUT2D eigenvalue weighted by molar-refractivity contribution is 0.521. The third kappa shape index (κ3) is 3.61. The highest BCUT2D eigenvalue weighted by atomic mass is 35.5. The zero-order valence-corrected chi connectivity index (χ0v) is 17.1. The second-order valence-electron chi connectivity index (χ2n) is 7.93. The van der Waals surface area contributed by atoms with Crippen LogP contribution in [-0.4, -0.2) is 21.1 Å². The minimum Gasteiger partial charge on any atom is -0.330 e. The van der Waals surface area contributed by atoms with Gasteiger partial charge in [-0.2, -0.15) is 5.10 Å². The molecule has 0 aliphatic heterocycles. The summed E-state index contributed by atoms with van der Waals surface area (Å²) in [5, 5.41) is 5.66. The van der Waals surface area contributed by atoms with Crippen LogP contribution in [0.25, 0.3) is 16.8 Å². The Bertz CT molecular complexity index is 988. The van der Waals surface area contributed by atoms with Gasteiger partial charge in [-0.25, -0.2) is 9.50 Å². The molecule has 1 unspecified atom stereocenters. The Labute approximate surface area is 165 Å². The molecule has 1 atom stereocenters. The second-order valence-corrected chi connectivity index (χ2v) is 8.37. The number of hydrogen-bond acceptors (Lipinski definition) is 3. The molecule has 1 saturated carbocycles. The molecular formula is C22H27ClN4. The first-order valence-corrected chi connectivity index (χ1v) is 10.2. The quantitative estimate of drug-likeness (QED) is 0.636. The van der Waals surface area contributed by atoms with Gasteiger partial charge in [0, 0.05) is 27.9 Å². The minimum atomic E-state index is 0.435. The number of benzene rings is 1. The lowest BCUT2D eigenvalue weighted by Gasteiger charge is -2.18. The van der Waals surface area contributed by atoms with Gasteiger partial charge < -0.3 is 5.73 Å². The molecule has 27 heavy (non-hydrogen) atoms. The monoisotopic (exact) mass is 382 g/mol. The number of hydrogen-bond donors (Lipinski definition) is 1. The van der Waals surface area contributed by atoms with Crippen LogP contribution < -0.4 is 5.73 Å². The maximum Gasteiger partial charge on any atom is 0.163 e. The van der Waals surface area contributed by atoms with Crippen molar-refractivity contribution in [3.05, 3.63) is 51.9 Å². The number of nitrogens with zero attached hydrogens (tertiary/aromatic N) is 3. The van der Waals surface area contributed by atoms with Gasteiger partial charge in [-0.1, -0.05) is 30.5 Å². The fourth-order valence-corrected chi connectivity index (χ4v) is 4.36. The molecule has 1 aromatic carbocycles. The van der Waals surface area contributed by atoms with Gasteiger partial charge in [-0.3, -0.25) is 0 Å². The summed E-state index contributed by atoms with van der Waals surface area (Å²) in [6, 6.07) is 8.21. The fourth-order valence-electron chi connectivity index (χ4n) is 4.13. The normalized spacial score (nSPS) is 15.4. The molecule has 5 heteroatoms. The third-order valence-corrected chi connectivity index (χ3v) is 5.86. The second kappa shape index (κ2) is 7.25. The van der Waals surface area contributed by atoms with Crippen LogP contribution in [0.3, 0.4) is 0 Å². The summed E-state index contributed by atoms with van der Waals surface area (Å²) in [6.45, 7) is 6.92. The molecule has 1 fully saturated rings. The van der Waals surface area contributed by atoms with Crippen molar-refractivity contribution in [3.8, 4) is 11.1 Å². The number of halogens is 1. The van der Waals surface area contributed by atoms with E-state index in [1.165, 1.54) is 25.0 Å². The fraction of sp³-hybridized carbons (Fsp3) is 0.455. The first-order chi connectivity index (χ1) is 13.0. The number of nitrogens with two attached hydrogens (primary N) is 1. The van der Waals surface area contributed by atoms with Gasteiger partial charge in [0.15, 0.2) is 5.65 Å². The lowest BCUT2D eigenvalue weighted by atomic mass is 9.94. The molecule has 0 bridgehead atoms. The maximum atomic E-state index is 6.17. The zero-order chi connectivity index (χ0) is 19.1. The predicted octanol–water partition coefficient (Wildman–Crippen LogP) is 5.21. The van der Waals surface area contributed by atoms with Crippen molar-refractivity contribution in [1.82, 2.24) is 14.6 Å². The molecule has 0 saturated heterocycles. The van der Waals surface area contributed by atoms with Crippen molar-refractivity contribution in [2.45, 2.75) is 52.4 Å². The highest BCUT2D eigenvalue weighted by Gasteiger charge is 2.28. The molecular weight excluding hydrogens is 356 g/mol. The summed E-state index contributed by atoms with van der Waals surface area (Å²) in [7, 11) is 0. The Morgan fingerprint density at radius 1 is 1.22 bits per heavy atom. The van der Waals surface area contributed by atoms with Crippen LogP contribution in [0.1, 0.15) is 54.2 Å². The number of fused-ring (bicyclic) bond motifs is 1. The summed E-state index contributed by atoms with van der Waals surface area (Å²) in [4.78, 5) is 4.87. The van der Waals surface area contributed by atoms with Crippen molar-refractivity contribution in [2.24, 2.45) is 11.7 Å². The lowest BCUT2D eigenvalue weighted by Crippen LogP contribution is -2.13. The molecule has 0 amide bonds. The van der Waals surface area contributed by atoms with Gasteiger partial charge in [0.25, 0.3) is 0 Å². The number of aromatic nitrogens is 3.